The van der Waals surface area contributed by atoms with Gasteiger partial charge in [0.25, 0.3) is 5.56 Å². The number of pyridine rings is 1. The van der Waals surface area contributed by atoms with Crippen molar-refractivity contribution in [3.8, 4) is 0 Å². The molecule has 1 amide bonds. The summed E-state index contributed by atoms with van der Waals surface area (Å²) >= 11 is 5.89. The van der Waals surface area contributed by atoms with Gasteiger partial charge in [-0.3, -0.25) is 9.59 Å². The van der Waals surface area contributed by atoms with E-state index in [0.29, 0.717) is 18.0 Å². The van der Waals surface area contributed by atoms with Gasteiger partial charge < -0.3 is 9.88 Å². The third-order valence-electron chi connectivity index (χ3n) is 2.84. The van der Waals surface area contributed by atoms with Gasteiger partial charge in [-0.1, -0.05) is 29.8 Å². The van der Waals surface area contributed by atoms with Gasteiger partial charge >= 0.3 is 0 Å². The Labute approximate surface area is 122 Å². The lowest BCUT2D eigenvalue weighted by Crippen LogP contribution is -2.32. The fourth-order valence-electron chi connectivity index (χ4n) is 1.84. The Morgan fingerprint density at radius 3 is 2.80 bits per heavy atom. The van der Waals surface area contributed by atoms with Crippen LogP contribution in [0.3, 0.4) is 0 Å². The third-order valence-corrected chi connectivity index (χ3v) is 3.07. The monoisotopic (exact) mass is 290 g/mol. The Hall–Kier alpha value is -2.07. The average Bonchev–Trinajstić information content (AvgIpc) is 2.41. The van der Waals surface area contributed by atoms with Crippen LogP contribution in [0.1, 0.15) is 5.56 Å². The molecule has 1 heterocycles. The molecule has 0 aliphatic carbocycles. The van der Waals surface area contributed by atoms with Crippen LogP contribution >= 0.6 is 11.6 Å². The van der Waals surface area contributed by atoms with E-state index in [1.54, 1.807) is 18.3 Å². The number of nitrogens with zero attached hydrogens (tertiary/aromatic N) is 1. The van der Waals surface area contributed by atoms with Gasteiger partial charge in [0.05, 0.1) is 0 Å². The second kappa shape index (κ2) is 6.91. The molecular weight excluding hydrogens is 276 g/mol. The second-order valence-corrected chi connectivity index (χ2v) is 4.83. The van der Waals surface area contributed by atoms with Crippen molar-refractivity contribution in [2.75, 3.05) is 6.54 Å². The summed E-state index contributed by atoms with van der Waals surface area (Å²) in [4.78, 5) is 23.2. The van der Waals surface area contributed by atoms with Gasteiger partial charge in [0, 0.05) is 23.8 Å². The van der Waals surface area contributed by atoms with Crippen molar-refractivity contribution in [1.29, 1.82) is 0 Å². The van der Waals surface area contributed by atoms with Crippen LogP contribution in [0.4, 0.5) is 0 Å². The standard InChI is InChI=1S/C15H15ClN2O2/c16-13-5-3-4-12(10-13)7-8-17-14(19)11-18-9-2-1-6-15(18)20/h1-6,9-10H,7-8,11H2,(H,17,19). The normalized spacial score (nSPS) is 10.2. The van der Waals surface area contributed by atoms with Gasteiger partial charge in [-0.25, -0.2) is 0 Å². The molecule has 5 heteroatoms. The number of hydrogen-bond donors (Lipinski definition) is 1. The Balaban J connectivity index is 1.81. The Bertz CT molecular complexity index is 652. The van der Waals surface area contributed by atoms with Crippen LogP contribution in [0.25, 0.3) is 0 Å². The molecule has 20 heavy (non-hydrogen) atoms. The van der Waals surface area contributed by atoms with Crippen molar-refractivity contribution in [2.24, 2.45) is 0 Å². The molecule has 0 fully saturated rings. The summed E-state index contributed by atoms with van der Waals surface area (Å²) in [5.74, 6) is -0.180. The van der Waals surface area contributed by atoms with Gasteiger partial charge in [-0.15, -0.1) is 0 Å². The molecular formula is C15H15ClN2O2. The molecule has 0 radical (unpaired) electrons. The Kier molecular flexibility index (Phi) is 4.96. The molecule has 0 unspecified atom stereocenters. The minimum absolute atomic E-state index is 0.0369. The number of nitrogens with one attached hydrogen (secondary N) is 1. The van der Waals surface area contributed by atoms with Crippen LogP contribution in [0.5, 0.6) is 0 Å². The first-order valence-corrected chi connectivity index (χ1v) is 6.69. The Morgan fingerprint density at radius 2 is 2.05 bits per heavy atom. The number of carbonyl (C=O) groups excluding carboxylic acids is 1. The van der Waals surface area contributed by atoms with Crippen LogP contribution in [-0.4, -0.2) is 17.0 Å². The van der Waals surface area contributed by atoms with E-state index < -0.39 is 0 Å². The summed E-state index contributed by atoms with van der Waals surface area (Å²) in [5, 5.41) is 3.47. The fraction of sp³-hybridized carbons (Fsp3) is 0.200. The van der Waals surface area contributed by atoms with Crippen LogP contribution in [0, 0.1) is 0 Å². The molecule has 0 atom stereocenters. The smallest absolute Gasteiger partial charge is 0.250 e. The predicted molar refractivity (Wildman–Crippen MR) is 78.9 cm³/mol. The van der Waals surface area contributed by atoms with Gasteiger partial charge in [0.1, 0.15) is 6.54 Å². The van der Waals surface area contributed by atoms with Gasteiger partial charge in [-0.05, 0) is 30.2 Å². The number of benzene rings is 1. The van der Waals surface area contributed by atoms with E-state index >= 15 is 0 Å². The van der Waals surface area contributed by atoms with Crippen molar-refractivity contribution >= 4 is 17.5 Å². The molecule has 0 aliphatic rings. The molecule has 2 rings (SSSR count). The van der Waals surface area contributed by atoms with Crippen molar-refractivity contribution < 1.29 is 4.79 Å². The van der Waals surface area contributed by atoms with E-state index in [9.17, 15) is 9.59 Å². The summed E-state index contributed by atoms with van der Waals surface area (Å²) in [7, 11) is 0. The third kappa shape index (κ3) is 4.24. The summed E-state index contributed by atoms with van der Waals surface area (Å²) in [6, 6.07) is 12.3. The fourth-order valence-corrected chi connectivity index (χ4v) is 2.05. The van der Waals surface area contributed by atoms with Crippen LogP contribution in [0.15, 0.2) is 53.5 Å². The molecule has 0 saturated heterocycles. The molecule has 1 aromatic heterocycles. The minimum atomic E-state index is -0.183. The summed E-state index contributed by atoms with van der Waals surface area (Å²) < 4.78 is 1.37. The first kappa shape index (κ1) is 14.3. The highest BCUT2D eigenvalue weighted by atomic mass is 35.5. The first-order valence-electron chi connectivity index (χ1n) is 6.32. The van der Waals surface area contributed by atoms with Crippen LogP contribution in [-0.2, 0) is 17.8 Å². The molecule has 2 aromatic rings. The predicted octanol–water partition coefficient (Wildman–Crippen LogP) is 1.86. The zero-order valence-electron chi connectivity index (χ0n) is 10.9. The molecule has 104 valence electrons. The molecule has 0 bridgehead atoms. The number of carbonyl (C=O) groups is 1. The van der Waals surface area contributed by atoms with E-state index in [4.69, 9.17) is 11.6 Å². The van der Waals surface area contributed by atoms with Crippen molar-refractivity contribution in [2.45, 2.75) is 13.0 Å². The average molecular weight is 291 g/mol. The molecule has 0 saturated carbocycles. The van der Waals surface area contributed by atoms with E-state index in [-0.39, 0.29) is 18.0 Å². The van der Waals surface area contributed by atoms with Crippen molar-refractivity contribution in [3.63, 3.8) is 0 Å². The second-order valence-electron chi connectivity index (χ2n) is 4.40. The minimum Gasteiger partial charge on any atom is -0.354 e. The largest absolute Gasteiger partial charge is 0.354 e. The highest BCUT2D eigenvalue weighted by Crippen LogP contribution is 2.10. The number of rotatable bonds is 5. The topological polar surface area (TPSA) is 51.1 Å². The SMILES string of the molecule is O=C(Cn1ccccc1=O)NCCc1cccc(Cl)c1. The Morgan fingerprint density at radius 1 is 1.20 bits per heavy atom. The van der Waals surface area contributed by atoms with E-state index in [1.807, 2.05) is 24.3 Å². The summed E-state index contributed by atoms with van der Waals surface area (Å²) in [5.41, 5.74) is 0.882. The van der Waals surface area contributed by atoms with Gasteiger partial charge in [0.15, 0.2) is 0 Å². The molecule has 4 nitrogen and oxygen atoms in total. The molecule has 0 aliphatic heterocycles. The highest BCUT2D eigenvalue weighted by molar-refractivity contribution is 6.30. The zero-order valence-corrected chi connectivity index (χ0v) is 11.6. The first-order chi connectivity index (χ1) is 9.65. The van der Waals surface area contributed by atoms with Crippen LogP contribution in [0.2, 0.25) is 5.02 Å². The number of halogens is 1. The van der Waals surface area contributed by atoms with Crippen LogP contribution < -0.4 is 10.9 Å². The summed E-state index contributed by atoms with van der Waals surface area (Å²) in [6.45, 7) is 0.552. The molecule has 0 spiro atoms. The highest BCUT2D eigenvalue weighted by Gasteiger charge is 2.03. The number of amides is 1. The number of aromatic nitrogens is 1. The molecule has 1 aromatic carbocycles. The van der Waals surface area contributed by atoms with Crippen molar-refractivity contribution in [1.82, 2.24) is 9.88 Å². The van der Waals surface area contributed by atoms with Gasteiger partial charge in [0.2, 0.25) is 5.91 Å². The van der Waals surface area contributed by atoms with Crippen molar-refractivity contribution in [3.05, 3.63) is 69.6 Å². The lowest BCUT2D eigenvalue weighted by molar-refractivity contribution is -0.121. The number of hydrogen-bond acceptors (Lipinski definition) is 2. The van der Waals surface area contributed by atoms with Gasteiger partial charge in [-0.2, -0.15) is 0 Å². The van der Waals surface area contributed by atoms with E-state index in [0.717, 1.165) is 5.56 Å². The van der Waals surface area contributed by atoms with E-state index in [2.05, 4.69) is 5.32 Å². The lowest BCUT2D eigenvalue weighted by atomic mass is 10.1. The maximum Gasteiger partial charge on any atom is 0.250 e. The maximum absolute atomic E-state index is 11.7. The quantitative estimate of drug-likeness (QED) is 0.914. The molecule has 1 N–H and O–H groups in total. The maximum atomic E-state index is 11.7. The lowest BCUT2D eigenvalue weighted by Gasteiger charge is -2.07. The van der Waals surface area contributed by atoms with E-state index in [1.165, 1.54) is 10.6 Å². The zero-order chi connectivity index (χ0) is 14.4. The summed E-state index contributed by atoms with van der Waals surface area (Å²) in [6.07, 6.45) is 2.30.